The fourth-order valence-corrected chi connectivity index (χ4v) is 5.36. The minimum absolute atomic E-state index is 0.0652. The van der Waals surface area contributed by atoms with E-state index in [0.717, 1.165) is 25.3 Å². The first-order chi connectivity index (χ1) is 14.0. The minimum atomic E-state index is -0.755. The van der Waals surface area contributed by atoms with Gasteiger partial charge in [0.05, 0.1) is 0 Å². The van der Waals surface area contributed by atoms with Crippen molar-refractivity contribution in [2.45, 2.75) is 19.9 Å². The van der Waals surface area contributed by atoms with Crippen LogP contribution < -0.4 is 8.83 Å². The van der Waals surface area contributed by atoms with E-state index in [1.807, 2.05) is 25.3 Å². The molecule has 0 aliphatic heterocycles. The van der Waals surface area contributed by atoms with Gasteiger partial charge in [-0.25, -0.2) is 0 Å². The molecule has 1 aromatic carbocycles. The van der Waals surface area contributed by atoms with Gasteiger partial charge in [0.2, 0.25) is 0 Å². The van der Waals surface area contributed by atoms with Crippen LogP contribution in [0.2, 0.25) is 5.02 Å². The Labute approximate surface area is 178 Å². The first-order valence-electron chi connectivity index (χ1n) is 8.87. The molecule has 0 radical (unpaired) electrons. The van der Waals surface area contributed by atoms with Crippen molar-refractivity contribution >= 4 is 47.0 Å². The van der Waals surface area contributed by atoms with Gasteiger partial charge < -0.3 is 0 Å². The van der Waals surface area contributed by atoms with Crippen molar-refractivity contribution in [3.63, 3.8) is 0 Å². The molecule has 0 saturated heterocycles. The third-order valence-electron chi connectivity index (χ3n) is 4.69. The quantitative estimate of drug-likeness (QED) is 0.433. The van der Waals surface area contributed by atoms with Crippen LogP contribution in [0.1, 0.15) is 18.5 Å². The topological polar surface area (TPSA) is 67.4 Å². The number of pyridine rings is 2. The monoisotopic (exact) mass is 467 g/mol. The van der Waals surface area contributed by atoms with Crippen molar-refractivity contribution in [2.75, 3.05) is 0 Å². The van der Waals surface area contributed by atoms with E-state index in [2.05, 4.69) is 21.1 Å². The van der Waals surface area contributed by atoms with Gasteiger partial charge in [0.1, 0.15) is 0 Å². The summed E-state index contributed by atoms with van der Waals surface area (Å²) in [6, 6.07) is 7.46. The number of aromatic nitrogens is 4. The number of nitrogens with zero attached hydrogens (tertiary/aromatic N) is 5. The molecule has 0 aliphatic rings. The summed E-state index contributed by atoms with van der Waals surface area (Å²) in [5.74, 6) is -0.465. The number of halogens is 2. The van der Waals surface area contributed by atoms with Crippen LogP contribution in [-0.4, -0.2) is 35.5 Å². The first-order valence-corrected chi connectivity index (χ1v) is 11.3. The maximum absolute atomic E-state index is 14.9. The van der Waals surface area contributed by atoms with Gasteiger partial charge in [0, 0.05) is 0 Å². The van der Waals surface area contributed by atoms with Crippen LogP contribution in [0.3, 0.4) is 0 Å². The molecule has 0 spiro atoms. The molecule has 0 aliphatic carbocycles. The predicted molar refractivity (Wildman–Crippen MR) is 114 cm³/mol. The summed E-state index contributed by atoms with van der Waals surface area (Å²) in [7, 11) is 0. The number of fused-ring (bicyclic) bond motifs is 1. The molecule has 0 amide bonds. The van der Waals surface area contributed by atoms with Gasteiger partial charge in [-0.1, -0.05) is 0 Å². The van der Waals surface area contributed by atoms with Crippen LogP contribution in [-0.2, 0) is 0 Å². The van der Waals surface area contributed by atoms with Gasteiger partial charge in [0.15, 0.2) is 0 Å². The van der Waals surface area contributed by atoms with Crippen LogP contribution in [0.15, 0.2) is 49.2 Å². The number of rotatable bonds is 4. The zero-order chi connectivity index (χ0) is 20.5. The van der Waals surface area contributed by atoms with Crippen molar-refractivity contribution in [1.29, 1.82) is 5.26 Å². The number of nitriles is 1. The van der Waals surface area contributed by atoms with E-state index in [0.29, 0.717) is 10.9 Å². The van der Waals surface area contributed by atoms with Crippen LogP contribution in [0.4, 0.5) is 4.39 Å². The Morgan fingerprint density at radius 3 is 2.83 bits per heavy atom. The fourth-order valence-electron chi connectivity index (χ4n) is 3.06. The maximum atomic E-state index is 14.9. The van der Waals surface area contributed by atoms with Crippen LogP contribution in [0, 0.1) is 24.1 Å². The predicted octanol–water partition coefficient (Wildman–Crippen LogP) is 3.07. The Kier molecular flexibility index (Phi) is 5.36. The van der Waals surface area contributed by atoms with Crippen molar-refractivity contribution < 1.29 is 4.39 Å². The van der Waals surface area contributed by atoms with Gasteiger partial charge in [-0.2, -0.15) is 0 Å². The van der Waals surface area contributed by atoms with E-state index in [4.69, 9.17) is 16.9 Å². The number of aryl methyl sites for hydroxylation is 1. The van der Waals surface area contributed by atoms with Crippen molar-refractivity contribution in [1.82, 2.24) is 19.7 Å². The molecule has 3 aromatic heterocycles. The number of hydrogen-bond acceptors (Lipinski definition) is 4. The van der Waals surface area contributed by atoms with Gasteiger partial charge in [-0.3, -0.25) is 0 Å². The van der Waals surface area contributed by atoms with Gasteiger partial charge >= 0.3 is 179 Å². The molecule has 8 heteroatoms. The summed E-state index contributed by atoms with van der Waals surface area (Å²) < 4.78 is 18.6. The van der Waals surface area contributed by atoms with Crippen LogP contribution in [0.5, 0.6) is 0 Å². The van der Waals surface area contributed by atoms with Gasteiger partial charge in [0.25, 0.3) is 0 Å². The van der Waals surface area contributed by atoms with E-state index in [9.17, 15) is 4.39 Å². The molecule has 2 unspecified atom stereocenters. The third-order valence-corrected chi connectivity index (χ3v) is 7.32. The molecule has 29 heavy (non-hydrogen) atoms. The summed E-state index contributed by atoms with van der Waals surface area (Å²) in [6.07, 6.45) is 8.63. The van der Waals surface area contributed by atoms with E-state index in [1.54, 1.807) is 42.5 Å². The second kappa shape index (κ2) is 7.94. The molecule has 0 fully saturated rings. The summed E-state index contributed by atoms with van der Waals surface area (Å²) in [6.45, 7) is 3.71. The average Bonchev–Trinajstić information content (AvgIpc) is 3.19. The molecule has 3 heterocycles. The molecule has 144 valence electrons. The van der Waals surface area contributed by atoms with E-state index < -0.39 is 21.6 Å². The Bertz CT molecular complexity index is 1260. The van der Waals surface area contributed by atoms with Crippen molar-refractivity contribution in [3.8, 4) is 17.2 Å². The summed E-state index contributed by atoms with van der Waals surface area (Å²) >= 11 is 5.58. The molecule has 0 N–H and O–H groups in total. The summed E-state index contributed by atoms with van der Waals surface area (Å²) in [4.78, 5) is 8.61. The summed E-state index contributed by atoms with van der Waals surface area (Å²) in [5, 5.41) is 14.8. The molecule has 0 bridgehead atoms. The second-order valence-corrected chi connectivity index (χ2v) is 9.86. The second-order valence-electron chi connectivity index (χ2n) is 6.67. The standard InChI is InChI=1S/C21H16AsClFN5/c1-12-3-4-26-9-17(12)16-5-14-6-19(27-10-18(14)20(23)21(16)24)22-15-8-28-29(11-15)13(2)7-25/h3-6,8-11,13,22H,1-2H3. The van der Waals surface area contributed by atoms with Crippen LogP contribution in [0.25, 0.3) is 21.9 Å². The third kappa shape index (κ3) is 3.76. The van der Waals surface area contributed by atoms with E-state index in [1.165, 1.54) is 0 Å². The van der Waals surface area contributed by atoms with Crippen molar-refractivity contribution in [2.24, 2.45) is 0 Å². The number of hydrogen-bond donors (Lipinski definition) is 0. The van der Waals surface area contributed by atoms with Crippen molar-refractivity contribution in [3.05, 3.63) is 65.6 Å². The molecule has 4 aromatic rings. The zero-order valence-corrected chi connectivity index (χ0v) is 18.5. The zero-order valence-electron chi connectivity index (χ0n) is 15.7. The Hall–Kier alpha value is -2.74. The Morgan fingerprint density at radius 2 is 2.07 bits per heavy atom. The van der Waals surface area contributed by atoms with Crippen LogP contribution >= 0.6 is 11.6 Å². The Morgan fingerprint density at radius 1 is 1.24 bits per heavy atom. The molecule has 0 saturated carbocycles. The SMILES string of the molecule is Cc1ccncc1-c1cc2cc([AsH]c3cnn(C(C)C#N)c3)ncc2c(Cl)c1F. The van der Waals surface area contributed by atoms with Gasteiger partial charge in [-0.15, -0.1) is 0 Å². The van der Waals surface area contributed by atoms with Gasteiger partial charge in [-0.05, 0) is 0 Å². The first kappa shape index (κ1) is 19.6. The van der Waals surface area contributed by atoms with E-state index >= 15 is 0 Å². The fraction of sp³-hybridized carbons (Fsp3) is 0.143. The average molecular weight is 468 g/mol. The summed E-state index contributed by atoms with van der Waals surface area (Å²) in [5.41, 5.74) is 2.08. The number of benzene rings is 1. The molecule has 2 atom stereocenters. The normalized spacial score (nSPS) is 12.5. The van der Waals surface area contributed by atoms with E-state index in [-0.39, 0.29) is 11.1 Å². The molecular formula is C21H16AsClFN5. The Balaban J connectivity index is 1.75. The molecule has 5 nitrogen and oxygen atoms in total. The molecule has 4 rings (SSSR count). The molecular weight excluding hydrogens is 452 g/mol.